The molecule has 23 heavy (non-hydrogen) atoms. The molecule has 118 valence electrons. The summed E-state index contributed by atoms with van der Waals surface area (Å²) in [5.41, 5.74) is 0.544. The molecule has 0 spiro atoms. The highest BCUT2D eigenvalue weighted by Crippen LogP contribution is 2.28. The maximum absolute atomic E-state index is 12.3. The van der Waals surface area contributed by atoms with Crippen LogP contribution in [-0.4, -0.2) is 26.3 Å². The Morgan fingerprint density at radius 2 is 2.09 bits per heavy atom. The third-order valence-corrected chi connectivity index (χ3v) is 5.44. The van der Waals surface area contributed by atoms with E-state index in [0.717, 1.165) is 22.4 Å². The number of ketones is 1. The third kappa shape index (κ3) is 3.49. The van der Waals surface area contributed by atoms with Crippen LogP contribution in [0.25, 0.3) is 10.7 Å². The van der Waals surface area contributed by atoms with Crippen molar-refractivity contribution in [2.75, 3.05) is 5.75 Å². The zero-order chi connectivity index (χ0) is 16.2. The van der Waals surface area contributed by atoms with E-state index in [1.165, 1.54) is 11.8 Å². The number of Topliss-reactive ketones (excluding diaryl/α,β-unsaturated/α-hetero) is 1. The summed E-state index contributed by atoms with van der Waals surface area (Å²) in [6.07, 6.45) is 0. The molecule has 0 radical (unpaired) electrons. The molecule has 7 heteroatoms. The third-order valence-electron chi connectivity index (χ3n) is 3.28. The first-order valence-electron chi connectivity index (χ1n) is 7.08. The Labute approximate surface area is 147 Å². The number of nitrogens with zero attached hydrogens (tertiary/aromatic N) is 3. The van der Waals surface area contributed by atoms with E-state index in [1.54, 1.807) is 23.5 Å². The lowest BCUT2D eigenvalue weighted by Gasteiger charge is -2.06. The van der Waals surface area contributed by atoms with Crippen molar-refractivity contribution in [3.63, 3.8) is 0 Å². The monoisotopic (exact) mass is 363 g/mol. The second kappa shape index (κ2) is 7.29. The summed E-state index contributed by atoms with van der Waals surface area (Å²) in [6, 6.07) is 11.1. The quantitative estimate of drug-likeness (QED) is 0.472. The first-order chi connectivity index (χ1) is 11.2. The molecule has 0 unspecified atom stereocenters. The van der Waals surface area contributed by atoms with Crippen LogP contribution in [0.4, 0.5) is 0 Å². The number of thiophene rings is 1. The zero-order valence-corrected chi connectivity index (χ0v) is 14.8. The number of aromatic nitrogens is 3. The number of hydrogen-bond donors (Lipinski definition) is 0. The van der Waals surface area contributed by atoms with Crippen molar-refractivity contribution < 1.29 is 4.79 Å². The Morgan fingerprint density at radius 3 is 2.78 bits per heavy atom. The minimum Gasteiger partial charge on any atom is -0.302 e. The van der Waals surface area contributed by atoms with E-state index in [9.17, 15) is 4.79 Å². The molecule has 4 nitrogen and oxygen atoms in total. The molecular formula is C16H14ClN3OS2. The van der Waals surface area contributed by atoms with Gasteiger partial charge in [0.25, 0.3) is 0 Å². The van der Waals surface area contributed by atoms with Crippen LogP contribution in [0.1, 0.15) is 17.3 Å². The summed E-state index contributed by atoms with van der Waals surface area (Å²) in [5.74, 6) is 1.12. The van der Waals surface area contributed by atoms with Gasteiger partial charge in [0.15, 0.2) is 16.8 Å². The van der Waals surface area contributed by atoms with E-state index >= 15 is 0 Å². The highest BCUT2D eigenvalue weighted by molar-refractivity contribution is 7.99. The van der Waals surface area contributed by atoms with E-state index in [1.807, 2.05) is 41.1 Å². The van der Waals surface area contributed by atoms with Gasteiger partial charge in [-0.3, -0.25) is 4.79 Å². The van der Waals surface area contributed by atoms with E-state index in [2.05, 4.69) is 10.2 Å². The Morgan fingerprint density at radius 1 is 1.26 bits per heavy atom. The van der Waals surface area contributed by atoms with Crippen molar-refractivity contribution in [2.24, 2.45) is 0 Å². The fourth-order valence-electron chi connectivity index (χ4n) is 2.16. The molecule has 0 N–H and O–H groups in total. The van der Waals surface area contributed by atoms with Crippen LogP contribution >= 0.6 is 34.7 Å². The molecule has 0 aliphatic carbocycles. The minimum absolute atomic E-state index is 0.0103. The predicted molar refractivity (Wildman–Crippen MR) is 95.5 cm³/mol. The first kappa shape index (κ1) is 16.2. The highest BCUT2D eigenvalue weighted by atomic mass is 35.5. The summed E-state index contributed by atoms with van der Waals surface area (Å²) in [6.45, 7) is 2.79. The van der Waals surface area contributed by atoms with Crippen molar-refractivity contribution in [3.8, 4) is 10.7 Å². The largest absolute Gasteiger partial charge is 0.302 e. The van der Waals surface area contributed by atoms with Crippen molar-refractivity contribution >= 4 is 40.5 Å². The van der Waals surface area contributed by atoms with Gasteiger partial charge in [0.05, 0.1) is 15.7 Å². The summed E-state index contributed by atoms with van der Waals surface area (Å²) < 4.78 is 2.02. The molecule has 0 fully saturated rings. The van der Waals surface area contributed by atoms with Gasteiger partial charge in [-0.1, -0.05) is 41.6 Å². The second-order valence-corrected chi connectivity index (χ2v) is 7.02. The lowest BCUT2D eigenvalue weighted by molar-refractivity contribution is 0.102. The van der Waals surface area contributed by atoms with Gasteiger partial charge in [0.1, 0.15) is 0 Å². The van der Waals surface area contributed by atoms with Gasteiger partial charge in [-0.15, -0.1) is 21.5 Å². The van der Waals surface area contributed by atoms with Gasteiger partial charge in [-0.05, 0) is 30.5 Å². The Balaban J connectivity index is 1.76. The van der Waals surface area contributed by atoms with E-state index in [-0.39, 0.29) is 11.5 Å². The number of carbonyl (C=O) groups excluding carboxylic acids is 1. The van der Waals surface area contributed by atoms with Crippen molar-refractivity contribution in [1.82, 2.24) is 14.8 Å². The van der Waals surface area contributed by atoms with E-state index < -0.39 is 0 Å². The molecule has 0 bridgehead atoms. The van der Waals surface area contributed by atoms with Gasteiger partial charge in [0.2, 0.25) is 0 Å². The van der Waals surface area contributed by atoms with Gasteiger partial charge in [-0.25, -0.2) is 0 Å². The zero-order valence-electron chi connectivity index (χ0n) is 12.4. The van der Waals surface area contributed by atoms with E-state index in [4.69, 9.17) is 11.6 Å². The molecule has 2 aromatic heterocycles. The Kier molecular flexibility index (Phi) is 5.15. The SMILES string of the molecule is CCn1c(SCC(=O)c2ccccc2Cl)nnc1-c1cccs1. The number of rotatable bonds is 6. The van der Waals surface area contributed by atoms with Gasteiger partial charge in [0, 0.05) is 12.1 Å². The average Bonchev–Trinajstić information content (AvgIpc) is 3.21. The summed E-state index contributed by atoms with van der Waals surface area (Å²) in [5, 5.41) is 11.7. The van der Waals surface area contributed by atoms with Crippen LogP contribution < -0.4 is 0 Å². The van der Waals surface area contributed by atoms with Crippen LogP contribution in [0, 0.1) is 0 Å². The standard InChI is InChI=1S/C16H14ClN3OS2/c1-2-20-15(14-8-5-9-22-14)18-19-16(20)23-10-13(21)11-6-3-4-7-12(11)17/h3-9H,2,10H2,1H3. The molecule has 0 saturated carbocycles. The summed E-state index contributed by atoms with van der Waals surface area (Å²) >= 11 is 9.08. The van der Waals surface area contributed by atoms with Crippen LogP contribution in [-0.2, 0) is 6.54 Å². The first-order valence-corrected chi connectivity index (χ1v) is 9.32. The van der Waals surface area contributed by atoms with Crippen LogP contribution in [0.15, 0.2) is 46.9 Å². The molecule has 0 atom stereocenters. The van der Waals surface area contributed by atoms with Crippen LogP contribution in [0.5, 0.6) is 0 Å². The van der Waals surface area contributed by atoms with Crippen molar-refractivity contribution in [1.29, 1.82) is 0 Å². The molecule has 1 aromatic carbocycles. The average molecular weight is 364 g/mol. The van der Waals surface area contributed by atoms with Crippen molar-refractivity contribution in [2.45, 2.75) is 18.6 Å². The molecule has 2 heterocycles. The molecule has 3 aromatic rings. The Hall–Kier alpha value is -1.63. The molecule has 3 rings (SSSR count). The van der Waals surface area contributed by atoms with Crippen LogP contribution in [0.2, 0.25) is 5.02 Å². The topological polar surface area (TPSA) is 47.8 Å². The number of benzene rings is 1. The van der Waals surface area contributed by atoms with Crippen LogP contribution in [0.3, 0.4) is 0 Å². The summed E-state index contributed by atoms with van der Waals surface area (Å²) in [7, 11) is 0. The molecular weight excluding hydrogens is 350 g/mol. The van der Waals surface area contributed by atoms with Crippen molar-refractivity contribution in [3.05, 3.63) is 52.4 Å². The smallest absolute Gasteiger partial charge is 0.191 e. The molecule has 0 amide bonds. The molecule has 0 aliphatic rings. The highest BCUT2D eigenvalue weighted by Gasteiger charge is 2.16. The number of hydrogen-bond acceptors (Lipinski definition) is 5. The van der Waals surface area contributed by atoms with Gasteiger partial charge < -0.3 is 4.57 Å². The lowest BCUT2D eigenvalue weighted by atomic mass is 10.1. The maximum atomic E-state index is 12.3. The normalized spacial score (nSPS) is 10.9. The Bertz CT molecular complexity index is 815. The van der Waals surface area contributed by atoms with Gasteiger partial charge in [-0.2, -0.15) is 0 Å². The molecule has 0 saturated heterocycles. The minimum atomic E-state index is -0.0103. The fourth-order valence-corrected chi connectivity index (χ4v) is 4.01. The molecule has 0 aliphatic heterocycles. The number of carbonyl (C=O) groups is 1. The summed E-state index contributed by atoms with van der Waals surface area (Å²) in [4.78, 5) is 13.4. The van der Waals surface area contributed by atoms with E-state index in [0.29, 0.717) is 10.6 Å². The number of halogens is 1. The van der Waals surface area contributed by atoms with Gasteiger partial charge >= 0.3 is 0 Å². The lowest BCUT2D eigenvalue weighted by Crippen LogP contribution is -2.05. The second-order valence-electron chi connectivity index (χ2n) is 4.72. The predicted octanol–water partition coefficient (Wildman–Crippen LogP) is 4.65. The number of thioether (sulfide) groups is 1. The fraction of sp³-hybridized carbons (Fsp3) is 0.188. The maximum Gasteiger partial charge on any atom is 0.191 e.